The molecular formula is C11H13BrN2. The van der Waals surface area contributed by atoms with Crippen molar-refractivity contribution in [1.82, 2.24) is 4.90 Å². The van der Waals surface area contributed by atoms with Crippen LogP contribution in [0.1, 0.15) is 13.8 Å². The standard InChI is InChI=1S/C11H13BrN2/c1-8(2)9-7-10(12)14-6-4-3-5-11(14)13-9/h3-8,10H,1-2H3. The molecule has 0 radical (unpaired) electrons. The van der Waals surface area contributed by atoms with Crippen molar-refractivity contribution in [2.45, 2.75) is 18.8 Å². The van der Waals surface area contributed by atoms with E-state index in [-0.39, 0.29) is 4.95 Å². The Morgan fingerprint density at radius 1 is 1.43 bits per heavy atom. The lowest BCUT2D eigenvalue weighted by Gasteiger charge is -2.30. The Morgan fingerprint density at radius 2 is 2.21 bits per heavy atom. The van der Waals surface area contributed by atoms with E-state index in [1.165, 1.54) is 0 Å². The van der Waals surface area contributed by atoms with Crippen molar-refractivity contribution in [3.8, 4) is 0 Å². The predicted molar refractivity (Wildman–Crippen MR) is 63.2 cm³/mol. The fourth-order valence-electron chi connectivity index (χ4n) is 1.46. The maximum absolute atomic E-state index is 4.59. The molecule has 0 spiro atoms. The van der Waals surface area contributed by atoms with Crippen LogP contribution in [0, 0.1) is 5.92 Å². The van der Waals surface area contributed by atoms with Gasteiger partial charge in [-0.3, -0.25) is 0 Å². The highest BCUT2D eigenvalue weighted by Crippen LogP contribution is 2.25. The minimum atomic E-state index is 0.230. The Kier molecular flexibility index (Phi) is 2.59. The van der Waals surface area contributed by atoms with Gasteiger partial charge in [0.15, 0.2) is 0 Å². The summed E-state index contributed by atoms with van der Waals surface area (Å²) in [6.07, 6.45) is 10.2. The molecule has 0 aromatic rings. The molecule has 0 bridgehead atoms. The minimum absolute atomic E-state index is 0.230. The van der Waals surface area contributed by atoms with Crippen molar-refractivity contribution in [1.29, 1.82) is 0 Å². The number of fused-ring (bicyclic) bond motifs is 1. The molecule has 74 valence electrons. The van der Waals surface area contributed by atoms with E-state index in [0.29, 0.717) is 5.92 Å². The molecule has 3 heteroatoms. The summed E-state index contributed by atoms with van der Waals surface area (Å²) < 4.78 is 0. The molecule has 0 fully saturated rings. The second-order valence-corrected chi connectivity index (χ2v) is 4.63. The molecule has 2 aliphatic rings. The number of nitrogens with zero attached hydrogens (tertiary/aromatic N) is 2. The second kappa shape index (κ2) is 3.73. The highest BCUT2D eigenvalue weighted by atomic mass is 79.9. The van der Waals surface area contributed by atoms with Crippen LogP contribution in [0.5, 0.6) is 0 Å². The fourth-order valence-corrected chi connectivity index (χ4v) is 2.08. The van der Waals surface area contributed by atoms with Crippen molar-refractivity contribution in [2.75, 3.05) is 0 Å². The van der Waals surface area contributed by atoms with Gasteiger partial charge in [0.1, 0.15) is 10.8 Å². The first-order valence-electron chi connectivity index (χ1n) is 4.76. The van der Waals surface area contributed by atoms with Crippen LogP contribution in [0.3, 0.4) is 0 Å². The van der Waals surface area contributed by atoms with E-state index in [4.69, 9.17) is 0 Å². The van der Waals surface area contributed by atoms with Gasteiger partial charge in [0.25, 0.3) is 0 Å². The molecule has 2 nitrogen and oxygen atoms in total. The van der Waals surface area contributed by atoms with Gasteiger partial charge in [0.2, 0.25) is 0 Å². The van der Waals surface area contributed by atoms with E-state index in [1.807, 2.05) is 24.4 Å². The summed E-state index contributed by atoms with van der Waals surface area (Å²) in [6, 6.07) is 0. The molecule has 14 heavy (non-hydrogen) atoms. The average Bonchev–Trinajstić information content (AvgIpc) is 2.17. The molecule has 0 aromatic heterocycles. The quantitative estimate of drug-likeness (QED) is 0.518. The lowest BCUT2D eigenvalue weighted by Crippen LogP contribution is -2.34. The monoisotopic (exact) mass is 252 g/mol. The summed E-state index contributed by atoms with van der Waals surface area (Å²) >= 11 is 3.62. The Balaban J connectivity index is 2.33. The summed E-state index contributed by atoms with van der Waals surface area (Å²) in [4.78, 5) is 6.92. The molecule has 1 atom stereocenters. The molecule has 2 heterocycles. The summed E-state index contributed by atoms with van der Waals surface area (Å²) in [5, 5.41) is 0. The average molecular weight is 253 g/mol. The van der Waals surface area contributed by atoms with Gasteiger partial charge in [-0.2, -0.15) is 0 Å². The summed E-state index contributed by atoms with van der Waals surface area (Å²) in [6.45, 7) is 4.32. The van der Waals surface area contributed by atoms with Gasteiger partial charge in [0.05, 0.1) is 0 Å². The van der Waals surface area contributed by atoms with Crippen LogP contribution in [0.25, 0.3) is 0 Å². The number of hydrogen-bond donors (Lipinski definition) is 0. The fraction of sp³-hybridized carbons (Fsp3) is 0.364. The topological polar surface area (TPSA) is 15.6 Å². The third-order valence-electron chi connectivity index (χ3n) is 2.28. The van der Waals surface area contributed by atoms with Crippen LogP contribution in [-0.4, -0.2) is 15.7 Å². The van der Waals surface area contributed by atoms with Gasteiger partial charge >= 0.3 is 0 Å². The molecule has 2 rings (SSSR count). The normalized spacial score (nSPS) is 24.9. The summed E-state index contributed by atoms with van der Waals surface area (Å²) in [5.74, 6) is 1.49. The maximum atomic E-state index is 4.59. The van der Waals surface area contributed by atoms with Gasteiger partial charge in [-0.1, -0.05) is 35.9 Å². The molecule has 0 saturated heterocycles. The third-order valence-corrected chi connectivity index (χ3v) is 2.98. The first kappa shape index (κ1) is 9.71. The maximum Gasteiger partial charge on any atom is 0.133 e. The highest BCUT2D eigenvalue weighted by Gasteiger charge is 2.21. The van der Waals surface area contributed by atoms with Gasteiger partial charge < -0.3 is 4.90 Å². The summed E-state index contributed by atoms with van der Waals surface area (Å²) in [7, 11) is 0. The van der Waals surface area contributed by atoms with Crippen molar-refractivity contribution >= 4 is 21.8 Å². The first-order valence-corrected chi connectivity index (χ1v) is 5.68. The zero-order valence-corrected chi connectivity index (χ0v) is 9.90. The van der Waals surface area contributed by atoms with Gasteiger partial charge in [0, 0.05) is 11.9 Å². The van der Waals surface area contributed by atoms with Gasteiger partial charge in [-0.05, 0) is 24.1 Å². The number of allylic oxidation sites excluding steroid dienone is 3. The number of aliphatic imine (C=N–C) groups is 1. The number of hydrogen-bond acceptors (Lipinski definition) is 2. The Morgan fingerprint density at radius 3 is 2.93 bits per heavy atom. The van der Waals surface area contributed by atoms with Crippen LogP contribution < -0.4 is 0 Å². The van der Waals surface area contributed by atoms with Crippen LogP contribution >= 0.6 is 15.9 Å². The molecule has 0 N–H and O–H groups in total. The number of rotatable bonds is 1. The zero-order valence-electron chi connectivity index (χ0n) is 8.31. The molecular weight excluding hydrogens is 240 g/mol. The third kappa shape index (κ3) is 1.69. The predicted octanol–water partition coefficient (Wildman–Crippen LogP) is 3.04. The highest BCUT2D eigenvalue weighted by molar-refractivity contribution is 9.09. The second-order valence-electron chi connectivity index (χ2n) is 3.70. The summed E-state index contributed by atoms with van der Waals surface area (Å²) in [5.41, 5.74) is 1.15. The smallest absolute Gasteiger partial charge is 0.133 e. The van der Waals surface area contributed by atoms with Gasteiger partial charge in [-0.15, -0.1) is 0 Å². The lowest BCUT2D eigenvalue weighted by molar-refractivity contribution is 0.565. The van der Waals surface area contributed by atoms with E-state index in [0.717, 1.165) is 11.5 Å². The number of amidine groups is 1. The van der Waals surface area contributed by atoms with Crippen LogP contribution in [0.4, 0.5) is 0 Å². The van der Waals surface area contributed by atoms with Crippen molar-refractivity contribution in [3.63, 3.8) is 0 Å². The van der Waals surface area contributed by atoms with E-state index in [2.05, 4.69) is 45.7 Å². The van der Waals surface area contributed by atoms with E-state index < -0.39 is 0 Å². The SMILES string of the molecule is CC(C)C1=CC(Br)N2C=CC=CC2=N1. The lowest BCUT2D eigenvalue weighted by atomic mass is 10.1. The van der Waals surface area contributed by atoms with E-state index in [1.54, 1.807) is 0 Å². The van der Waals surface area contributed by atoms with E-state index >= 15 is 0 Å². The van der Waals surface area contributed by atoms with Crippen LogP contribution in [0.2, 0.25) is 0 Å². The Bertz CT molecular complexity index is 350. The Hall–Kier alpha value is -0.830. The zero-order chi connectivity index (χ0) is 10.1. The first-order chi connectivity index (χ1) is 6.68. The molecule has 1 unspecified atom stereocenters. The molecule has 0 saturated carbocycles. The molecule has 0 aromatic carbocycles. The molecule has 2 aliphatic heterocycles. The van der Waals surface area contributed by atoms with Gasteiger partial charge in [-0.25, -0.2) is 4.99 Å². The van der Waals surface area contributed by atoms with Crippen molar-refractivity contribution < 1.29 is 0 Å². The van der Waals surface area contributed by atoms with Crippen LogP contribution in [-0.2, 0) is 0 Å². The van der Waals surface area contributed by atoms with Crippen molar-refractivity contribution in [2.24, 2.45) is 10.9 Å². The van der Waals surface area contributed by atoms with E-state index in [9.17, 15) is 0 Å². The largest absolute Gasteiger partial charge is 0.316 e. The number of alkyl halides is 1. The minimum Gasteiger partial charge on any atom is -0.316 e. The molecule has 0 amide bonds. The van der Waals surface area contributed by atoms with Crippen LogP contribution in [0.15, 0.2) is 41.2 Å². The Labute approximate surface area is 92.8 Å². The molecule has 0 aliphatic carbocycles. The number of halogens is 1. The van der Waals surface area contributed by atoms with Crippen molar-refractivity contribution in [3.05, 3.63) is 36.2 Å².